The van der Waals surface area contributed by atoms with Gasteiger partial charge in [-0.1, -0.05) is 48.5 Å². The summed E-state index contributed by atoms with van der Waals surface area (Å²) in [5, 5.41) is 4.91. The molecule has 0 aliphatic carbocycles. The van der Waals surface area contributed by atoms with Crippen molar-refractivity contribution < 1.29 is 9.21 Å². The molecule has 1 amide bonds. The summed E-state index contributed by atoms with van der Waals surface area (Å²) in [6.07, 6.45) is 5.18. The normalized spacial score (nSPS) is 14.2. The number of fused-ring (bicyclic) bond motifs is 1. The van der Waals surface area contributed by atoms with Crippen molar-refractivity contribution in [1.82, 2.24) is 10.4 Å². The fourth-order valence-corrected chi connectivity index (χ4v) is 4.03. The number of carbonyl (C=O) groups is 1. The molecule has 3 heterocycles. The van der Waals surface area contributed by atoms with E-state index in [1.807, 2.05) is 72.8 Å². The molecule has 1 N–H and O–H groups in total. The monoisotopic (exact) mass is 424 g/mol. The summed E-state index contributed by atoms with van der Waals surface area (Å²) in [4.78, 5) is 20.0. The third-order valence-electron chi connectivity index (χ3n) is 5.67. The molecule has 0 atom stereocenters. The van der Waals surface area contributed by atoms with E-state index in [0.29, 0.717) is 11.3 Å². The van der Waals surface area contributed by atoms with Crippen LogP contribution in [0.25, 0.3) is 22.2 Å². The molecule has 0 unspecified atom stereocenters. The average Bonchev–Trinajstić information content (AvgIpc) is 3.33. The summed E-state index contributed by atoms with van der Waals surface area (Å²) >= 11 is 0. The number of benzene rings is 2. The number of pyridine rings is 1. The van der Waals surface area contributed by atoms with Gasteiger partial charge in [0.2, 0.25) is 0 Å². The topological polar surface area (TPSA) is 70.7 Å². The lowest BCUT2D eigenvalue weighted by Crippen LogP contribution is -2.28. The van der Waals surface area contributed by atoms with Crippen LogP contribution in [0.4, 0.5) is 5.88 Å². The van der Waals surface area contributed by atoms with E-state index in [4.69, 9.17) is 9.40 Å². The van der Waals surface area contributed by atoms with E-state index in [1.165, 1.54) is 25.5 Å². The fraction of sp³-hybridized carbons (Fsp3) is 0.192. The van der Waals surface area contributed by atoms with E-state index in [1.54, 1.807) is 0 Å². The summed E-state index contributed by atoms with van der Waals surface area (Å²) < 4.78 is 5.87. The Balaban J connectivity index is 1.36. The van der Waals surface area contributed by atoms with Crippen LogP contribution in [0.5, 0.6) is 0 Å². The van der Waals surface area contributed by atoms with Crippen LogP contribution in [0, 0.1) is 0 Å². The van der Waals surface area contributed by atoms with Crippen LogP contribution >= 0.6 is 0 Å². The first-order chi connectivity index (χ1) is 15.8. The largest absolute Gasteiger partial charge is 0.440 e. The van der Waals surface area contributed by atoms with Crippen molar-refractivity contribution in [3.05, 3.63) is 84.1 Å². The number of hydrogen-bond donors (Lipinski definition) is 1. The zero-order valence-corrected chi connectivity index (χ0v) is 17.7. The standard InChI is InChI=1S/C26H24N4O2/c31-26(29-27-18-20-13-14-25(32-20)30-15-7-2-8-16-30)22-17-24(19-9-3-1-4-10-19)28-23-12-6-5-11-21(22)23/h1,3-6,9-14,17-18H,2,7-8,15-16H2,(H,29,31)/b27-18+. The molecule has 5 rings (SSSR count). The van der Waals surface area contributed by atoms with Gasteiger partial charge in [0, 0.05) is 30.1 Å². The summed E-state index contributed by atoms with van der Waals surface area (Å²) in [6, 6.07) is 23.1. The van der Waals surface area contributed by atoms with E-state index in [0.717, 1.165) is 41.1 Å². The van der Waals surface area contributed by atoms with E-state index < -0.39 is 0 Å². The molecule has 0 saturated carbocycles. The average molecular weight is 425 g/mol. The Morgan fingerprint density at radius 2 is 1.75 bits per heavy atom. The molecule has 6 nitrogen and oxygen atoms in total. The number of aromatic nitrogens is 1. The van der Waals surface area contributed by atoms with Crippen molar-refractivity contribution in [2.45, 2.75) is 19.3 Å². The third kappa shape index (κ3) is 4.25. The predicted molar refractivity (Wildman–Crippen MR) is 127 cm³/mol. The molecular formula is C26H24N4O2. The number of nitrogens with zero attached hydrogens (tertiary/aromatic N) is 3. The van der Waals surface area contributed by atoms with Crippen molar-refractivity contribution >= 4 is 28.9 Å². The predicted octanol–water partition coefficient (Wildman–Crippen LogP) is 5.25. The Hall–Kier alpha value is -3.93. The van der Waals surface area contributed by atoms with Crippen molar-refractivity contribution in [1.29, 1.82) is 0 Å². The van der Waals surface area contributed by atoms with Crippen LogP contribution in [0.2, 0.25) is 0 Å². The molecule has 1 aliphatic rings. The quantitative estimate of drug-likeness (QED) is 0.351. The molecule has 0 spiro atoms. The molecule has 1 fully saturated rings. The summed E-state index contributed by atoms with van der Waals surface area (Å²) in [6.45, 7) is 2.03. The summed E-state index contributed by atoms with van der Waals surface area (Å²) in [5.41, 5.74) is 5.63. The van der Waals surface area contributed by atoms with Crippen molar-refractivity contribution in [2.24, 2.45) is 5.10 Å². The maximum Gasteiger partial charge on any atom is 0.272 e. The molecule has 0 radical (unpaired) electrons. The first kappa shape index (κ1) is 20.0. The number of carbonyl (C=O) groups excluding carboxylic acids is 1. The number of para-hydroxylation sites is 1. The van der Waals surface area contributed by atoms with Gasteiger partial charge in [0.15, 0.2) is 5.88 Å². The molecule has 2 aromatic carbocycles. The molecule has 1 aliphatic heterocycles. The van der Waals surface area contributed by atoms with Gasteiger partial charge in [0.1, 0.15) is 5.76 Å². The van der Waals surface area contributed by atoms with Gasteiger partial charge in [0.25, 0.3) is 5.91 Å². The lowest BCUT2D eigenvalue weighted by atomic mass is 10.0. The van der Waals surface area contributed by atoms with Crippen LogP contribution < -0.4 is 10.3 Å². The van der Waals surface area contributed by atoms with Gasteiger partial charge >= 0.3 is 0 Å². The maximum atomic E-state index is 13.0. The summed E-state index contributed by atoms with van der Waals surface area (Å²) in [5.74, 6) is 1.17. The van der Waals surface area contributed by atoms with Crippen LogP contribution in [0.15, 0.2) is 82.3 Å². The minimum absolute atomic E-state index is 0.292. The van der Waals surface area contributed by atoms with Crippen molar-refractivity contribution in [3.63, 3.8) is 0 Å². The van der Waals surface area contributed by atoms with Gasteiger partial charge in [-0.15, -0.1) is 0 Å². The molecule has 6 heteroatoms. The lowest BCUT2D eigenvalue weighted by molar-refractivity contribution is 0.0956. The molecule has 2 aromatic heterocycles. The lowest BCUT2D eigenvalue weighted by Gasteiger charge is -2.25. The van der Waals surface area contributed by atoms with Crippen molar-refractivity contribution in [2.75, 3.05) is 18.0 Å². The fourth-order valence-electron chi connectivity index (χ4n) is 4.03. The van der Waals surface area contributed by atoms with E-state index in [2.05, 4.69) is 15.4 Å². The highest BCUT2D eigenvalue weighted by Gasteiger charge is 2.15. The smallest absolute Gasteiger partial charge is 0.272 e. The van der Waals surface area contributed by atoms with Crippen LogP contribution in [0.1, 0.15) is 35.4 Å². The Morgan fingerprint density at radius 3 is 2.59 bits per heavy atom. The number of rotatable bonds is 5. The minimum atomic E-state index is -0.292. The number of piperidine rings is 1. The van der Waals surface area contributed by atoms with Crippen LogP contribution in [-0.4, -0.2) is 30.2 Å². The second-order valence-electron chi connectivity index (χ2n) is 7.86. The number of amides is 1. The number of anilines is 1. The minimum Gasteiger partial charge on any atom is -0.440 e. The zero-order valence-electron chi connectivity index (χ0n) is 17.7. The molecule has 32 heavy (non-hydrogen) atoms. The first-order valence-electron chi connectivity index (χ1n) is 10.9. The van der Waals surface area contributed by atoms with Crippen molar-refractivity contribution in [3.8, 4) is 11.3 Å². The van der Waals surface area contributed by atoms with Gasteiger partial charge in [-0.25, -0.2) is 10.4 Å². The highest BCUT2D eigenvalue weighted by Crippen LogP contribution is 2.25. The number of furan rings is 1. The highest BCUT2D eigenvalue weighted by atomic mass is 16.4. The maximum absolute atomic E-state index is 13.0. The molecule has 1 saturated heterocycles. The number of hydrazone groups is 1. The Kier molecular flexibility index (Phi) is 5.66. The molecular weight excluding hydrogens is 400 g/mol. The Bertz CT molecular complexity index is 1260. The number of nitrogens with one attached hydrogen (secondary N) is 1. The third-order valence-corrected chi connectivity index (χ3v) is 5.67. The van der Waals surface area contributed by atoms with E-state index >= 15 is 0 Å². The van der Waals surface area contributed by atoms with Gasteiger partial charge in [-0.3, -0.25) is 4.79 Å². The van der Waals surface area contributed by atoms with Gasteiger partial charge in [-0.05, 0) is 37.5 Å². The second-order valence-corrected chi connectivity index (χ2v) is 7.86. The molecule has 4 aromatic rings. The first-order valence-corrected chi connectivity index (χ1v) is 10.9. The SMILES string of the molecule is O=C(N/N=C/c1ccc(N2CCCCC2)o1)c1cc(-c2ccccc2)nc2ccccc12. The number of hydrogen-bond acceptors (Lipinski definition) is 5. The zero-order chi connectivity index (χ0) is 21.8. The van der Waals surface area contributed by atoms with Gasteiger partial charge < -0.3 is 9.32 Å². The highest BCUT2D eigenvalue weighted by molar-refractivity contribution is 6.07. The molecule has 160 valence electrons. The van der Waals surface area contributed by atoms with E-state index in [-0.39, 0.29) is 5.91 Å². The Labute approximate surface area is 186 Å². The Morgan fingerprint density at radius 1 is 0.969 bits per heavy atom. The second kappa shape index (κ2) is 9.06. The van der Waals surface area contributed by atoms with Gasteiger partial charge in [-0.2, -0.15) is 5.10 Å². The summed E-state index contributed by atoms with van der Waals surface area (Å²) in [7, 11) is 0. The van der Waals surface area contributed by atoms with E-state index in [9.17, 15) is 4.79 Å². The van der Waals surface area contributed by atoms with Crippen LogP contribution in [-0.2, 0) is 0 Å². The van der Waals surface area contributed by atoms with Gasteiger partial charge in [0.05, 0.1) is 23.0 Å². The molecule has 0 bridgehead atoms. The van der Waals surface area contributed by atoms with Crippen LogP contribution in [0.3, 0.4) is 0 Å².